The van der Waals surface area contributed by atoms with Gasteiger partial charge in [-0.3, -0.25) is 0 Å². The first kappa shape index (κ1) is 8.69. The summed E-state index contributed by atoms with van der Waals surface area (Å²) in [7, 11) is 0. The van der Waals surface area contributed by atoms with Gasteiger partial charge in [0, 0.05) is 11.8 Å². The second-order valence-corrected chi connectivity index (χ2v) is 2.92. The number of halogens is 1. The van der Waals surface area contributed by atoms with Crippen LogP contribution in [0.5, 0.6) is 0 Å². The van der Waals surface area contributed by atoms with E-state index in [0.717, 1.165) is 5.56 Å². The minimum Gasteiger partial charge on any atom is -0.381 e. The van der Waals surface area contributed by atoms with Gasteiger partial charge in [0.05, 0.1) is 0 Å². The second kappa shape index (κ2) is 3.46. The van der Waals surface area contributed by atoms with Crippen molar-refractivity contribution in [3.63, 3.8) is 0 Å². The number of pyridine rings is 1. The van der Waals surface area contributed by atoms with Crippen molar-refractivity contribution in [1.29, 1.82) is 0 Å². The molecule has 14 heavy (non-hydrogen) atoms. The first-order chi connectivity index (χ1) is 6.79. The molecule has 1 heterocycles. The zero-order valence-electron chi connectivity index (χ0n) is 7.44. The lowest BCUT2D eigenvalue weighted by atomic mass is 10.1. The number of nitrogens with zero attached hydrogens (tertiary/aromatic N) is 1. The Bertz CT molecular complexity index is 440. The smallest absolute Gasteiger partial charge is 0.173 e. The highest BCUT2D eigenvalue weighted by Crippen LogP contribution is 2.23. The summed E-state index contributed by atoms with van der Waals surface area (Å²) < 4.78 is 13.5. The highest BCUT2D eigenvalue weighted by molar-refractivity contribution is 5.66. The molecule has 3 heteroatoms. The molecular weight excluding hydrogens is 179 g/mol. The normalized spacial score (nSPS) is 10.1. The van der Waals surface area contributed by atoms with Crippen LogP contribution >= 0.6 is 0 Å². The molecule has 2 N–H and O–H groups in total. The van der Waals surface area contributed by atoms with Crippen LogP contribution in [0, 0.1) is 5.82 Å². The van der Waals surface area contributed by atoms with E-state index >= 15 is 0 Å². The van der Waals surface area contributed by atoms with Crippen molar-refractivity contribution in [2.45, 2.75) is 0 Å². The maximum Gasteiger partial charge on any atom is 0.173 e. The quantitative estimate of drug-likeness (QED) is 0.746. The van der Waals surface area contributed by atoms with Crippen LogP contribution in [-0.2, 0) is 0 Å². The first-order valence-electron chi connectivity index (χ1n) is 4.24. The third kappa shape index (κ3) is 1.44. The minimum absolute atomic E-state index is 0.0636. The van der Waals surface area contributed by atoms with E-state index in [1.165, 1.54) is 6.20 Å². The molecule has 0 saturated heterocycles. The van der Waals surface area contributed by atoms with Gasteiger partial charge in [-0.05, 0) is 11.6 Å². The number of benzene rings is 1. The topological polar surface area (TPSA) is 38.9 Å². The average Bonchev–Trinajstić information content (AvgIpc) is 2.23. The van der Waals surface area contributed by atoms with E-state index in [0.29, 0.717) is 5.56 Å². The van der Waals surface area contributed by atoms with Crippen molar-refractivity contribution < 1.29 is 4.39 Å². The molecule has 0 unspecified atom stereocenters. The van der Waals surface area contributed by atoms with E-state index in [1.54, 1.807) is 6.07 Å². The number of rotatable bonds is 1. The summed E-state index contributed by atoms with van der Waals surface area (Å²) in [5.74, 6) is -0.523. The lowest BCUT2D eigenvalue weighted by Crippen LogP contribution is -1.96. The van der Waals surface area contributed by atoms with Gasteiger partial charge in [0.1, 0.15) is 0 Å². The summed E-state index contributed by atoms with van der Waals surface area (Å²) in [4.78, 5) is 3.67. The Morgan fingerprint density at radius 1 is 1.07 bits per heavy atom. The van der Waals surface area contributed by atoms with Gasteiger partial charge < -0.3 is 5.73 Å². The van der Waals surface area contributed by atoms with Gasteiger partial charge in [-0.2, -0.15) is 0 Å². The number of nitrogen functional groups attached to an aromatic ring is 1. The number of anilines is 1. The summed E-state index contributed by atoms with van der Waals surface area (Å²) in [5.41, 5.74) is 6.66. The highest BCUT2D eigenvalue weighted by Gasteiger charge is 2.07. The fraction of sp³-hybridized carbons (Fsp3) is 0. The molecule has 1 aromatic carbocycles. The number of hydrogen-bond donors (Lipinski definition) is 1. The van der Waals surface area contributed by atoms with Crippen molar-refractivity contribution in [2.24, 2.45) is 0 Å². The number of nitrogens with two attached hydrogens (primary N) is 1. The van der Waals surface area contributed by atoms with E-state index in [9.17, 15) is 4.39 Å². The number of aromatic nitrogens is 1. The molecule has 0 radical (unpaired) electrons. The van der Waals surface area contributed by atoms with Gasteiger partial charge in [-0.1, -0.05) is 30.3 Å². The van der Waals surface area contributed by atoms with Gasteiger partial charge in [0.15, 0.2) is 11.6 Å². The lowest BCUT2D eigenvalue weighted by Gasteiger charge is -2.03. The molecule has 0 aliphatic carbocycles. The second-order valence-electron chi connectivity index (χ2n) is 2.92. The van der Waals surface area contributed by atoms with E-state index in [2.05, 4.69) is 4.98 Å². The molecule has 0 fully saturated rings. The predicted octanol–water partition coefficient (Wildman–Crippen LogP) is 2.47. The Balaban J connectivity index is 2.58. The summed E-state index contributed by atoms with van der Waals surface area (Å²) in [6.45, 7) is 0. The molecule has 70 valence electrons. The largest absolute Gasteiger partial charge is 0.381 e. The van der Waals surface area contributed by atoms with E-state index < -0.39 is 5.82 Å². The van der Waals surface area contributed by atoms with Crippen LogP contribution in [0.25, 0.3) is 11.1 Å². The molecule has 2 aromatic rings. The van der Waals surface area contributed by atoms with Crippen LogP contribution in [0.3, 0.4) is 0 Å². The molecule has 2 rings (SSSR count). The van der Waals surface area contributed by atoms with E-state index in [-0.39, 0.29) is 5.82 Å². The Morgan fingerprint density at radius 3 is 2.50 bits per heavy atom. The summed E-state index contributed by atoms with van der Waals surface area (Å²) in [6, 6.07) is 10.9. The number of hydrogen-bond acceptors (Lipinski definition) is 2. The zero-order valence-corrected chi connectivity index (χ0v) is 7.44. The van der Waals surface area contributed by atoms with Crippen LogP contribution in [0.15, 0.2) is 42.6 Å². The van der Waals surface area contributed by atoms with E-state index in [1.807, 2.05) is 30.3 Å². The third-order valence-corrected chi connectivity index (χ3v) is 2.00. The van der Waals surface area contributed by atoms with Crippen molar-refractivity contribution in [1.82, 2.24) is 4.98 Å². The molecule has 0 bridgehead atoms. The zero-order chi connectivity index (χ0) is 9.97. The van der Waals surface area contributed by atoms with Gasteiger partial charge >= 0.3 is 0 Å². The van der Waals surface area contributed by atoms with Crippen molar-refractivity contribution in [3.8, 4) is 11.1 Å². The Labute approximate surface area is 81.2 Å². The van der Waals surface area contributed by atoms with Crippen LogP contribution in [0.2, 0.25) is 0 Å². The molecular formula is C11H9FN2. The lowest BCUT2D eigenvalue weighted by molar-refractivity contribution is 0.631. The molecule has 2 nitrogen and oxygen atoms in total. The average molecular weight is 188 g/mol. The monoisotopic (exact) mass is 188 g/mol. The van der Waals surface area contributed by atoms with Gasteiger partial charge in [0.25, 0.3) is 0 Å². The van der Waals surface area contributed by atoms with Crippen molar-refractivity contribution >= 4 is 5.82 Å². The predicted molar refractivity (Wildman–Crippen MR) is 54.0 cm³/mol. The fourth-order valence-electron chi connectivity index (χ4n) is 1.30. The summed E-state index contributed by atoms with van der Waals surface area (Å²) in [5, 5.41) is 0. The van der Waals surface area contributed by atoms with E-state index in [4.69, 9.17) is 5.73 Å². The molecule has 0 aliphatic heterocycles. The van der Waals surface area contributed by atoms with Gasteiger partial charge in [-0.25, -0.2) is 9.37 Å². The van der Waals surface area contributed by atoms with Crippen LogP contribution in [-0.4, -0.2) is 4.98 Å². The fourth-order valence-corrected chi connectivity index (χ4v) is 1.30. The molecule has 1 aromatic heterocycles. The van der Waals surface area contributed by atoms with Crippen LogP contribution in [0.4, 0.5) is 10.2 Å². The molecule has 0 amide bonds. The first-order valence-corrected chi connectivity index (χ1v) is 4.24. The van der Waals surface area contributed by atoms with Crippen molar-refractivity contribution in [3.05, 3.63) is 48.4 Å². The van der Waals surface area contributed by atoms with Crippen LogP contribution < -0.4 is 5.73 Å². The molecule has 0 saturated carbocycles. The molecule has 0 aliphatic rings. The van der Waals surface area contributed by atoms with Crippen LogP contribution in [0.1, 0.15) is 0 Å². The Kier molecular flexibility index (Phi) is 2.14. The third-order valence-electron chi connectivity index (χ3n) is 2.00. The van der Waals surface area contributed by atoms with Crippen molar-refractivity contribution in [2.75, 3.05) is 5.73 Å². The van der Waals surface area contributed by atoms with Gasteiger partial charge in [-0.15, -0.1) is 0 Å². The highest BCUT2D eigenvalue weighted by atomic mass is 19.1. The standard InChI is InChI=1S/C11H9FN2/c12-10-9(6-7-14-11(10)13)8-4-2-1-3-5-8/h1-7H,(H2,13,14). The summed E-state index contributed by atoms with van der Waals surface area (Å²) in [6.07, 6.45) is 1.50. The maximum atomic E-state index is 13.5. The minimum atomic E-state index is -0.460. The molecule has 0 spiro atoms. The molecule has 0 atom stereocenters. The summed E-state index contributed by atoms with van der Waals surface area (Å²) >= 11 is 0. The Hall–Kier alpha value is -1.90. The van der Waals surface area contributed by atoms with Gasteiger partial charge in [0.2, 0.25) is 0 Å². The Morgan fingerprint density at radius 2 is 1.79 bits per heavy atom. The SMILES string of the molecule is Nc1nccc(-c2ccccc2)c1F. The maximum absolute atomic E-state index is 13.5.